The summed E-state index contributed by atoms with van der Waals surface area (Å²) < 4.78 is 28.8. The number of rotatable bonds is 2. The van der Waals surface area contributed by atoms with Gasteiger partial charge in [-0.2, -0.15) is 4.31 Å². The van der Waals surface area contributed by atoms with Crippen molar-refractivity contribution in [2.24, 2.45) is 0 Å². The van der Waals surface area contributed by atoms with Crippen LogP contribution in [0, 0.1) is 0 Å². The predicted octanol–water partition coefficient (Wildman–Crippen LogP) is 3.74. The van der Waals surface area contributed by atoms with Gasteiger partial charge in [-0.3, -0.25) is 0 Å². The number of benzene rings is 1. The van der Waals surface area contributed by atoms with E-state index < -0.39 is 10.0 Å². The van der Waals surface area contributed by atoms with Gasteiger partial charge in [-0.15, -0.1) is 11.3 Å². The minimum absolute atomic E-state index is 0.0239. The van der Waals surface area contributed by atoms with Crippen LogP contribution in [-0.2, 0) is 22.9 Å². The molecule has 1 atom stereocenters. The molecule has 0 amide bonds. The van der Waals surface area contributed by atoms with Crippen molar-refractivity contribution in [1.29, 1.82) is 0 Å². The molecule has 1 unspecified atom stereocenters. The summed E-state index contributed by atoms with van der Waals surface area (Å²) in [6, 6.07) is 9.89. The van der Waals surface area contributed by atoms with Crippen molar-refractivity contribution in [2.75, 3.05) is 6.54 Å². The van der Waals surface area contributed by atoms with Crippen LogP contribution in [0.1, 0.15) is 29.2 Å². The Labute approximate surface area is 136 Å². The van der Waals surface area contributed by atoms with E-state index in [0.29, 0.717) is 10.8 Å². The normalized spacial score (nSPS) is 21.5. The number of thiophene rings is 1. The zero-order valence-electron chi connectivity index (χ0n) is 11.3. The van der Waals surface area contributed by atoms with Gasteiger partial charge in [-0.05, 0) is 64.0 Å². The third-order valence-electron chi connectivity index (χ3n) is 4.37. The molecule has 2 heterocycles. The zero-order valence-corrected chi connectivity index (χ0v) is 14.5. The summed E-state index contributed by atoms with van der Waals surface area (Å²) in [7, 11) is -3.39. The third-order valence-corrected chi connectivity index (χ3v) is 8.37. The van der Waals surface area contributed by atoms with Gasteiger partial charge in [0.25, 0.3) is 10.0 Å². The Kier molecular flexibility index (Phi) is 3.26. The largest absolute Gasteiger partial charge is 0.253 e. The molecule has 1 aromatic heterocycles. The maximum atomic E-state index is 12.9. The van der Waals surface area contributed by atoms with Crippen LogP contribution in [0.15, 0.2) is 38.3 Å². The number of sulfonamides is 1. The van der Waals surface area contributed by atoms with Crippen molar-refractivity contribution < 1.29 is 8.42 Å². The molecule has 0 N–H and O–H groups in total. The number of nitrogens with zero attached hydrogens (tertiary/aromatic N) is 1. The molecule has 0 saturated heterocycles. The molecular formula is C15H14BrNO2S2. The van der Waals surface area contributed by atoms with Crippen LogP contribution in [0.25, 0.3) is 0 Å². The molecule has 4 rings (SSSR count). The van der Waals surface area contributed by atoms with Crippen molar-refractivity contribution in [3.63, 3.8) is 0 Å². The van der Waals surface area contributed by atoms with Gasteiger partial charge >= 0.3 is 0 Å². The highest BCUT2D eigenvalue weighted by Gasteiger charge is 2.40. The molecule has 1 aliphatic heterocycles. The van der Waals surface area contributed by atoms with E-state index in [-0.39, 0.29) is 6.04 Å². The molecule has 6 heteroatoms. The molecule has 0 bridgehead atoms. The standard InChI is InChI=1S/C15H14BrNO2S2/c16-13-6-7-14(20-13)21(18,19)17-9-8-11-3-1-2-10-4-5-12(17)15(10)11/h1-3,6-7,12H,4-5,8-9H2. The van der Waals surface area contributed by atoms with Gasteiger partial charge in [-0.25, -0.2) is 8.42 Å². The summed E-state index contributed by atoms with van der Waals surface area (Å²) in [5.74, 6) is 0. The molecule has 3 nitrogen and oxygen atoms in total. The molecule has 0 saturated carbocycles. The Balaban J connectivity index is 1.79. The Morgan fingerprint density at radius 1 is 1.14 bits per heavy atom. The third kappa shape index (κ3) is 2.11. The highest BCUT2D eigenvalue weighted by atomic mass is 79.9. The van der Waals surface area contributed by atoms with Gasteiger partial charge in [0, 0.05) is 6.54 Å². The van der Waals surface area contributed by atoms with Crippen LogP contribution in [0.2, 0.25) is 0 Å². The van der Waals surface area contributed by atoms with E-state index in [4.69, 9.17) is 0 Å². The lowest BCUT2D eigenvalue weighted by Gasteiger charge is -2.33. The van der Waals surface area contributed by atoms with Crippen molar-refractivity contribution >= 4 is 37.3 Å². The van der Waals surface area contributed by atoms with Crippen LogP contribution < -0.4 is 0 Å². The molecule has 2 aromatic rings. The van der Waals surface area contributed by atoms with Gasteiger partial charge in [0.05, 0.1) is 9.83 Å². The first-order valence-corrected chi connectivity index (χ1v) is 10.00. The summed E-state index contributed by atoms with van der Waals surface area (Å²) in [6.07, 6.45) is 2.69. The van der Waals surface area contributed by atoms with E-state index in [0.717, 1.165) is 23.0 Å². The molecular weight excluding hydrogens is 370 g/mol. The van der Waals surface area contributed by atoms with Crippen LogP contribution in [0.3, 0.4) is 0 Å². The summed E-state index contributed by atoms with van der Waals surface area (Å²) in [5.41, 5.74) is 3.92. The Morgan fingerprint density at radius 3 is 2.62 bits per heavy atom. The van der Waals surface area contributed by atoms with Crippen LogP contribution in [0.5, 0.6) is 0 Å². The molecule has 0 fully saturated rings. The van der Waals surface area contributed by atoms with Crippen molar-refractivity contribution in [2.45, 2.75) is 29.5 Å². The van der Waals surface area contributed by atoms with Gasteiger partial charge in [0.1, 0.15) is 4.21 Å². The molecule has 110 valence electrons. The molecule has 1 aliphatic carbocycles. The summed E-state index contributed by atoms with van der Waals surface area (Å²) >= 11 is 4.64. The Bertz CT molecular complexity index is 813. The lowest BCUT2D eigenvalue weighted by Crippen LogP contribution is -2.38. The average molecular weight is 384 g/mol. The van der Waals surface area contributed by atoms with Crippen LogP contribution in [-0.4, -0.2) is 19.3 Å². The maximum absolute atomic E-state index is 12.9. The second-order valence-electron chi connectivity index (χ2n) is 5.47. The fourth-order valence-corrected chi connectivity index (χ4v) is 7.25. The van der Waals surface area contributed by atoms with E-state index in [1.165, 1.54) is 28.0 Å². The van der Waals surface area contributed by atoms with Gasteiger partial charge in [-0.1, -0.05) is 18.2 Å². The number of halogens is 1. The second kappa shape index (κ2) is 4.91. The summed E-state index contributed by atoms with van der Waals surface area (Å²) in [4.78, 5) is 0. The van der Waals surface area contributed by atoms with E-state index >= 15 is 0 Å². The zero-order chi connectivity index (χ0) is 14.6. The first-order chi connectivity index (χ1) is 10.1. The van der Waals surface area contributed by atoms with Gasteiger partial charge < -0.3 is 0 Å². The second-order valence-corrected chi connectivity index (χ2v) is 10.0. The fraction of sp³-hybridized carbons (Fsp3) is 0.333. The topological polar surface area (TPSA) is 37.4 Å². The lowest BCUT2D eigenvalue weighted by molar-refractivity contribution is 0.309. The van der Waals surface area contributed by atoms with Gasteiger partial charge in [0.15, 0.2) is 0 Å². The molecule has 2 aliphatic rings. The van der Waals surface area contributed by atoms with E-state index in [9.17, 15) is 8.42 Å². The SMILES string of the molecule is O=S(=O)(c1ccc(Br)s1)N1CCc2cccc3c2C1CC3. The minimum atomic E-state index is -3.39. The minimum Gasteiger partial charge on any atom is -0.206 e. The van der Waals surface area contributed by atoms with Gasteiger partial charge in [0.2, 0.25) is 0 Å². The summed E-state index contributed by atoms with van der Waals surface area (Å²) in [5, 5.41) is 0. The van der Waals surface area contributed by atoms with E-state index in [1.807, 2.05) is 0 Å². The highest BCUT2D eigenvalue weighted by Crippen LogP contribution is 2.44. The predicted molar refractivity (Wildman–Crippen MR) is 87.1 cm³/mol. The quantitative estimate of drug-likeness (QED) is 0.791. The van der Waals surface area contributed by atoms with E-state index in [2.05, 4.69) is 34.1 Å². The number of hydrogen-bond acceptors (Lipinski definition) is 3. The lowest BCUT2D eigenvalue weighted by atomic mass is 9.95. The van der Waals surface area contributed by atoms with Crippen molar-refractivity contribution in [3.8, 4) is 0 Å². The van der Waals surface area contributed by atoms with Crippen LogP contribution >= 0.6 is 27.3 Å². The molecule has 1 aromatic carbocycles. The number of aryl methyl sites for hydroxylation is 1. The fourth-order valence-electron chi connectivity index (χ4n) is 3.48. The highest BCUT2D eigenvalue weighted by molar-refractivity contribution is 9.11. The Morgan fingerprint density at radius 2 is 1.90 bits per heavy atom. The summed E-state index contributed by atoms with van der Waals surface area (Å²) in [6.45, 7) is 0.582. The van der Waals surface area contributed by atoms with E-state index in [1.54, 1.807) is 16.4 Å². The Hall–Kier alpha value is -0.690. The first kappa shape index (κ1) is 13.9. The average Bonchev–Trinajstić information content (AvgIpc) is 3.08. The smallest absolute Gasteiger partial charge is 0.206 e. The maximum Gasteiger partial charge on any atom is 0.253 e. The van der Waals surface area contributed by atoms with Crippen molar-refractivity contribution in [1.82, 2.24) is 4.31 Å². The monoisotopic (exact) mass is 383 g/mol. The molecule has 0 radical (unpaired) electrons. The van der Waals surface area contributed by atoms with Crippen molar-refractivity contribution in [3.05, 3.63) is 50.8 Å². The number of hydrogen-bond donors (Lipinski definition) is 0. The molecule has 0 spiro atoms. The first-order valence-electron chi connectivity index (χ1n) is 6.95. The van der Waals surface area contributed by atoms with Crippen LogP contribution in [0.4, 0.5) is 0 Å². The molecule has 21 heavy (non-hydrogen) atoms.